The van der Waals surface area contributed by atoms with Crippen molar-refractivity contribution in [1.82, 2.24) is 0 Å². The van der Waals surface area contributed by atoms with Crippen molar-refractivity contribution in [2.45, 2.75) is 85.2 Å². The van der Waals surface area contributed by atoms with Crippen molar-refractivity contribution in [2.24, 2.45) is 0 Å². The van der Waals surface area contributed by atoms with E-state index in [4.69, 9.17) is 14.2 Å². The highest BCUT2D eigenvalue weighted by atomic mass is 16.6. The molecular weight excluding hydrogens is 228 g/mol. The lowest BCUT2D eigenvalue weighted by molar-refractivity contribution is -0.108. The van der Waals surface area contributed by atoms with E-state index in [9.17, 15) is 0 Å². The Morgan fingerprint density at radius 3 is 1.39 bits per heavy atom. The standard InChI is InChI=1S/C15H32O3/c1-7-12(4)16-10-15(18-14(6)9-3)11-17-13(5)8-2/h12-15H,7-11H2,1-6H3. The van der Waals surface area contributed by atoms with Gasteiger partial charge in [-0.3, -0.25) is 0 Å². The van der Waals surface area contributed by atoms with Crippen molar-refractivity contribution in [3.63, 3.8) is 0 Å². The second-order valence-corrected chi connectivity index (χ2v) is 5.08. The molecule has 3 heteroatoms. The highest BCUT2D eigenvalue weighted by Crippen LogP contribution is 2.08. The van der Waals surface area contributed by atoms with E-state index in [2.05, 4.69) is 41.5 Å². The van der Waals surface area contributed by atoms with E-state index < -0.39 is 0 Å². The maximum absolute atomic E-state index is 5.94. The molecule has 0 radical (unpaired) electrons. The van der Waals surface area contributed by atoms with Gasteiger partial charge in [0, 0.05) is 0 Å². The fraction of sp³-hybridized carbons (Fsp3) is 1.00. The second-order valence-electron chi connectivity index (χ2n) is 5.08. The monoisotopic (exact) mass is 260 g/mol. The van der Waals surface area contributed by atoms with Gasteiger partial charge in [-0.05, 0) is 40.0 Å². The molecule has 18 heavy (non-hydrogen) atoms. The topological polar surface area (TPSA) is 27.7 Å². The lowest BCUT2D eigenvalue weighted by Crippen LogP contribution is -2.32. The first-order chi connectivity index (χ1) is 8.53. The van der Waals surface area contributed by atoms with Crippen LogP contribution in [0.4, 0.5) is 0 Å². The van der Waals surface area contributed by atoms with E-state index in [1.165, 1.54) is 0 Å². The molecule has 0 saturated carbocycles. The molecule has 0 aliphatic rings. The molecule has 0 amide bonds. The third-order valence-electron chi connectivity index (χ3n) is 3.28. The number of hydrogen-bond acceptors (Lipinski definition) is 3. The molecule has 0 aliphatic carbocycles. The molecule has 0 bridgehead atoms. The summed E-state index contributed by atoms with van der Waals surface area (Å²) in [4.78, 5) is 0. The van der Waals surface area contributed by atoms with Crippen LogP contribution in [-0.4, -0.2) is 37.6 Å². The molecule has 0 fully saturated rings. The summed E-state index contributed by atoms with van der Waals surface area (Å²) in [6, 6.07) is 0. The Morgan fingerprint density at radius 2 is 1.06 bits per heavy atom. The Morgan fingerprint density at radius 1 is 0.667 bits per heavy atom. The first kappa shape index (κ1) is 17.9. The second kappa shape index (κ2) is 10.8. The van der Waals surface area contributed by atoms with Gasteiger partial charge >= 0.3 is 0 Å². The predicted molar refractivity (Wildman–Crippen MR) is 76.0 cm³/mol. The van der Waals surface area contributed by atoms with Crippen molar-refractivity contribution in [3.8, 4) is 0 Å². The van der Waals surface area contributed by atoms with Gasteiger partial charge in [0.15, 0.2) is 0 Å². The molecule has 0 N–H and O–H groups in total. The first-order valence-corrected chi connectivity index (χ1v) is 7.41. The third kappa shape index (κ3) is 8.90. The fourth-order valence-corrected chi connectivity index (χ4v) is 1.33. The highest BCUT2D eigenvalue weighted by Gasteiger charge is 2.15. The minimum atomic E-state index is 0.0444. The maximum Gasteiger partial charge on any atom is 0.104 e. The van der Waals surface area contributed by atoms with Crippen LogP contribution in [0.2, 0.25) is 0 Å². The number of rotatable bonds is 11. The molecule has 0 rings (SSSR count). The van der Waals surface area contributed by atoms with Crippen LogP contribution in [0.15, 0.2) is 0 Å². The zero-order valence-electron chi connectivity index (χ0n) is 13.1. The summed E-state index contributed by atoms with van der Waals surface area (Å²) in [5.41, 5.74) is 0. The summed E-state index contributed by atoms with van der Waals surface area (Å²) >= 11 is 0. The van der Waals surface area contributed by atoms with Crippen molar-refractivity contribution in [2.75, 3.05) is 13.2 Å². The lowest BCUT2D eigenvalue weighted by atomic mass is 10.3. The van der Waals surface area contributed by atoms with Crippen molar-refractivity contribution < 1.29 is 14.2 Å². The summed E-state index contributed by atoms with van der Waals surface area (Å²) in [6.45, 7) is 13.9. The molecule has 0 spiro atoms. The van der Waals surface area contributed by atoms with Crippen LogP contribution in [0.3, 0.4) is 0 Å². The van der Waals surface area contributed by atoms with Crippen LogP contribution in [0.25, 0.3) is 0 Å². The molecule has 0 aromatic heterocycles. The van der Waals surface area contributed by atoms with Gasteiger partial charge in [0.05, 0.1) is 31.5 Å². The normalized spacial score (nSPS) is 18.3. The Kier molecular flexibility index (Phi) is 10.7. The number of hydrogen-bond donors (Lipinski definition) is 0. The van der Waals surface area contributed by atoms with Crippen molar-refractivity contribution in [1.29, 1.82) is 0 Å². The zero-order valence-corrected chi connectivity index (χ0v) is 13.1. The molecule has 0 saturated heterocycles. The minimum Gasteiger partial charge on any atom is -0.376 e. The highest BCUT2D eigenvalue weighted by molar-refractivity contribution is 4.61. The average Bonchev–Trinajstić information content (AvgIpc) is 2.40. The van der Waals surface area contributed by atoms with Crippen molar-refractivity contribution in [3.05, 3.63) is 0 Å². The molecular formula is C15H32O3. The molecule has 110 valence electrons. The van der Waals surface area contributed by atoms with E-state index in [1.54, 1.807) is 0 Å². The lowest BCUT2D eigenvalue weighted by Gasteiger charge is -2.24. The maximum atomic E-state index is 5.94. The molecule has 0 heterocycles. The fourth-order valence-electron chi connectivity index (χ4n) is 1.33. The summed E-state index contributed by atoms with van der Waals surface area (Å²) in [5, 5.41) is 0. The Hall–Kier alpha value is -0.120. The quantitative estimate of drug-likeness (QED) is 0.565. The van der Waals surface area contributed by atoms with Crippen LogP contribution in [0.5, 0.6) is 0 Å². The first-order valence-electron chi connectivity index (χ1n) is 7.41. The van der Waals surface area contributed by atoms with E-state index in [0.717, 1.165) is 19.3 Å². The van der Waals surface area contributed by atoms with E-state index in [0.29, 0.717) is 13.2 Å². The van der Waals surface area contributed by atoms with Crippen LogP contribution in [0, 0.1) is 0 Å². The van der Waals surface area contributed by atoms with Gasteiger partial charge in [-0.2, -0.15) is 0 Å². The predicted octanol–water partition coefficient (Wildman–Crippen LogP) is 3.80. The summed E-state index contributed by atoms with van der Waals surface area (Å²) in [6.07, 6.45) is 3.96. The molecule has 0 aromatic rings. The Balaban J connectivity index is 4.07. The summed E-state index contributed by atoms with van der Waals surface area (Å²) in [7, 11) is 0. The van der Waals surface area contributed by atoms with Gasteiger partial charge in [-0.1, -0.05) is 20.8 Å². The smallest absolute Gasteiger partial charge is 0.104 e. The van der Waals surface area contributed by atoms with Gasteiger partial charge in [-0.25, -0.2) is 0 Å². The average molecular weight is 260 g/mol. The Bertz CT molecular complexity index is 171. The van der Waals surface area contributed by atoms with Gasteiger partial charge < -0.3 is 14.2 Å². The molecule has 3 nitrogen and oxygen atoms in total. The van der Waals surface area contributed by atoms with Crippen LogP contribution < -0.4 is 0 Å². The van der Waals surface area contributed by atoms with E-state index in [1.807, 2.05) is 0 Å². The SMILES string of the molecule is CCC(C)OCC(COC(C)CC)OC(C)CC. The molecule has 0 aromatic carbocycles. The summed E-state index contributed by atoms with van der Waals surface area (Å²) in [5.74, 6) is 0. The Labute approximate surface area is 113 Å². The molecule has 0 aliphatic heterocycles. The van der Waals surface area contributed by atoms with Crippen LogP contribution in [0.1, 0.15) is 60.8 Å². The van der Waals surface area contributed by atoms with Crippen molar-refractivity contribution >= 4 is 0 Å². The number of ether oxygens (including phenoxy) is 3. The van der Waals surface area contributed by atoms with E-state index >= 15 is 0 Å². The van der Waals surface area contributed by atoms with Gasteiger partial charge in [0.2, 0.25) is 0 Å². The molecule has 3 atom stereocenters. The third-order valence-corrected chi connectivity index (χ3v) is 3.28. The van der Waals surface area contributed by atoms with Gasteiger partial charge in [0.25, 0.3) is 0 Å². The van der Waals surface area contributed by atoms with Crippen LogP contribution >= 0.6 is 0 Å². The zero-order chi connectivity index (χ0) is 14.0. The summed E-state index contributed by atoms with van der Waals surface area (Å²) < 4.78 is 17.5. The largest absolute Gasteiger partial charge is 0.376 e. The van der Waals surface area contributed by atoms with Crippen LogP contribution in [-0.2, 0) is 14.2 Å². The minimum absolute atomic E-state index is 0.0444. The van der Waals surface area contributed by atoms with E-state index in [-0.39, 0.29) is 24.4 Å². The van der Waals surface area contributed by atoms with Gasteiger partial charge in [0.1, 0.15) is 6.10 Å². The van der Waals surface area contributed by atoms with Gasteiger partial charge in [-0.15, -0.1) is 0 Å². The molecule has 3 unspecified atom stereocenters.